The number of hydrogen-bond acceptors (Lipinski definition) is 7. The Morgan fingerprint density at radius 3 is 2.09 bits per heavy atom. The number of nitrogens with zero attached hydrogens (tertiary/aromatic N) is 1. The van der Waals surface area contributed by atoms with E-state index in [1.807, 2.05) is 11.0 Å². The number of carbonyl (C=O) groups excluding carboxylic acids is 3. The number of carbonyl (C=O) groups is 3. The van der Waals surface area contributed by atoms with Crippen LogP contribution in [0.15, 0.2) is 91.0 Å². The molecular formula is C36H28FNO6. The number of ketones is 3. The van der Waals surface area contributed by atoms with Crippen molar-refractivity contribution in [3.05, 3.63) is 125 Å². The topological polar surface area (TPSA) is 82.1 Å². The standard InChI is InChI=1S/C36H28FNO6/c1-42-27-17-15-25(32(43-2)33(27)44-3)29-30(31(39)20-9-5-4-6-10-20)38-26-16-14-22(37)19-21(26)13-18-28(38)36(29)34(40)23-11-7-8-12-24(23)35(36)41/h4-19,28-30H,1-3H3/t28-,29-,30+/m1/s1. The molecule has 1 saturated heterocycles. The van der Waals surface area contributed by atoms with Gasteiger partial charge >= 0.3 is 0 Å². The van der Waals surface area contributed by atoms with Gasteiger partial charge < -0.3 is 19.1 Å². The Labute approximate surface area is 253 Å². The van der Waals surface area contributed by atoms with E-state index in [0.717, 1.165) is 0 Å². The molecule has 2 aliphatic heterocycles. The summed E-state index contributed by atoms with van der Waals surface area (Å²) in [4.78, 5) is 46.4. The van der Waals surface area contributed by atoms with Crippen LogP contribution >= 0.6 is 0 Å². The second kappa shape index (κ2) is 10.2. The lowest BCUT2D eigenvalue weighted by Crippen LogP contribution is -2.48. The maximum atomic E-state index is 14.9. The fourth-order valence-corrected chi connectivity index (χ4v) is 7.43. The predicted octanol–water partition coefficient (Wildman–Crippen LogP) is 6.17. The van der Waals surface area contributed by atoms with Crippen LogP contribution in [-0.2, 0) is 0 Å². The summed E-state index contributed by atoms with van der Waals surface area (Å²) in [6.07, 6.45) is 3.48. The van der Waals surface area contributed by atoms with E-state index in [1.54, 1.807) is 78.9 Å². The van der Waals surface area contributed by atoms with Crippen LogP contribution in [0.2, 0.25) is 0 Å². The molecule has 7 nitrogen and oxygen atoms in total. The first-order valence-corrected chi connectivity index (χ1v) is 14.2. The van der Waals surface area contributed by atoms with E-state index in [0.29, 0.717) is 39.3 Å². The lowest BCUT2D eigenvalue weighted by Gasteiger charge is -2.37. The van der Waals surface area contributed by atoms with Crippen LogP contribution in [0, 0.1) is 11.2 Å². The van der Waals surface area contributed by atoms with Gasteiger partial charge in [0, 0.05) is 39.4 Å². The maximum Gasteiger partial charge on any atom is 0.203 e. The molecule has 1 spiro atoms. The van der Waals surface area contributed by atoms with Crippen molar-refractivity contribution in [2.75, 3.05) is 26.2 Å². The number of anilines is 1. The minimum atomic E-state index is -1.76. The molecule has 0 radical (unpaired) electrons. The van der Waals surface area contributed by atoms with E-state index < -0.39 is 29.2 Å². The molecule has 0 bridgehead atoms. The molecule has 1 aliphatic carbocycles. The zero-order valence-corrected chi connectivity index (χ0v) is 24.2. The minimum Gasteiger partial charge on any atom is -0.493 e. The first kappa shape index (κ1) is 27.6. The van der Waals surface area contributed by atoms with Crippen molar-refractivity contribution in [1.82, 2.24) is 0 Å². The van der Waals surface area contributed by atoms with E-state index in [-0.39, 0.29) is 28.8 Å². The molecule has 0 unspecified atom stereocenters. The summed E-state index contributed by atoms with van der Waals surface area (Å²) < 4.78 is 31.7. The van der Waals surface area contributed by atoms with Gasteiger partial charge in [0.2, 0.25) is 5.75 Å². The van der Waals surface area contributed by atoms with E-state index in [9.17, 15) is 18.8 Å². The molecule has 3 atom stereocenters. The van der Waals surface area contributed by atoms with E-state index in [4.69, 9.17) is 14.2 Å². The Morgan fingerprint density at radius 2 is 1.45 bits per heavy atom. The summed E-state index contributed by atoms with van der Waals surface area (Å²) in [5, 5.41) is 0. The molecule has 0 saturated carbocycles. The van der Waals surface area contributed by atoms with E-state index in [2.05, 4.69) is 0 Å². The van der Waals surface area contributed by atoms with Gasteiger partial charge in [0.05, 0.1) is 27.4 Å². The van der Waals surface area contributed by atoms with Gasteiger partial charge in [-0.2, -0.15) is 0 Å². The van der Waals surface area contributed by atoms with Crippen molar-refractivity contribution in [2.24, 2.45) is 5.41 Å². The Bertz CT molecular complexity index is 1850. The van der Waals surface area contributed by atoms with Gasteiger partial charge in [-0.25, -0.2) is 4.39 Å². The third-order valence-corrected chi connectivity index (χ3v) is 9.16. The molecule has 4 aromatic rings. The Morgan fingerprint density at radius 1 is 0.795 bits per heavy atom. The van der Waals surface area contributed by atoms with Gasteiger partial charge in [-0.05, 0) is 24.3 Å². The second-order valence-corrected chi connectivity index (χ2v) is 11.1. The molecule has 0 aromatic heterocycles. The number of rotatable bonds is 6. The summed E-state index contributed by atoms with van der Waals surface area (Å²) >= 11 is 0. The quantitative estimate of drug-likeness (QED) is 0.197. The molecule has 4 aromatic carbocycles. The van der Waals surface area contributed by atoms with Gasteiger partial charge in [0.1, 0.15) is 17.3 Å². The zero-order valence-electron chi connectivity index (χ0n) is 24.2. The SMILES string of the molecule is COc1ccc([C@@H]2[C@@H](C(=O)c3ccccc3)N3c4ccc(F)cc4C=C[C@@H]3C23C(=O)c2ccccc2C3=O)c(OC)c1OC. The Kier molecular flexibility index (Phi) is 6.39. The highest BCUT2D eigenvalue weighted by Crippen LogP contribution is 2.63. The normalized spacial score (nSPS) is 20.7. The lowest BCUT2D eigenvalue weighted by molar-refractivity contribution is 0.0664. The van der Waals surface area contributed by atoms with Crippen molar-refractivity contribution >= 4 is 29.1 Å². The van der Waals surface area contributed by atoms with Crippen molar-refractivity contribution in [3.8, 4) is 17.2 Å². The van der Waals surface area contributed by atoms with Crippen LogP contribution in [0.4, 0.5) is 10.1 Å². The largest absolute Gasteiger partial charge is 0.493 e. The molecule has 1 fully saturated rings. The van der Waals surface area contributed by atoms with Gasteiger partial charge in [0.25, 0.3) is 0 Å². The van der Waals surface area contributed by atoms with Crippen molar-refractivity contribution in [1.29, 1.82) is 0 Å². The number of benzene rings is 4. The van der Waals surface area contributed by atoms with Crippen LogP contribution in [-0.4, -0.2) is 50.8 Å². The number of methoxy groups -OCH3 is 3. The van der Waals surface area contributed by atoms with Gasteiger partial charge in [-0.1, -0.05) is 72.8 Å². The zero-order chi connectivity index (χ0) is 30.7. The molecule has 0 N–H and O–H groups in total. The molecule has 3 aliphatic rings. The van der Waals surface area contributed by atoms with Crippen LogP contribution in [0.1, 0.15) is 48.1 Å². The summed E-state index contributed by atoms with van der Waals surface area (Å²) in [7, 11) is 4.44. The number of halogens is 1. The third-order valence-electron chi connectivity index (χ3n) is 9.16. The van der Waals surface area contributed by atoms with Gasteiger partial charge in [0.15, 0.2) is 28.8 Å². The van der Waals surface area contributed by atoms with E-state index >= 15 is 0 Å². The van der Waals surface area contributed by atoms with Crippen LogP contribution in [0.3, 0.4) is 0 Å². The number of ether oxygens (including phenoxy) is 3. The smallest absolute Gasteiger partial charge is 0.203 e. The molecule has 44 heavy (non-hydrogen) atoms. The molecule has 8 heteroatoms. The highest BCUT2D eigenvalue weighted by atomic mass is 19.1. The molecule has 7 rings (SSSR count). The van der Waals surface area contributed by atoms with Gasteiger partial charge in [-0.15, -0.1) is 0 Å². The number of fused-ring (bicyclic) bond motifs is 5. The molecule has 220 valence electrons. The number of Topliss-reactive ketones (excluding diaryl/α,β-unsaturated/α-hetero) is 3. The number of hydrogen-bond donors (Lipinski definition) is 0. The third kappa shape index (κ3) is 3.57. The molecule has 2 heterocycles. The van der Waals surface area contributed by atoms with Gasteiger partial charge in [-0.3, -0.25) is 14.4 Å². The second-order valence-electron chi connectivity index (χ2n) is 11.1. The average molecular weight is 590 g/mol. The summed E-state index contributed by atoms with van der Waals surface area (Å²) in [5.74, 6) is -1.63. The summed E-state index contributed by atoms with van der Waals surface area (Å²) in [6.45, 7) is 0. The Hall–Kier alpha value is -5.24. The first-order valence-electron chi connectivity index (χ1n) is 14.2. The van der Waals surface area contributed by atoms with Crippen molar-refractivity contribution in [3.63, 3.8) is 0 Å². The lowest BCUT2D eigenvalue weighted by atomic mass is 9.64. The average Bonchev–Trinajstić information content (AvgIpc) is 3.49. The fourth-order valence-electron chi connectivity index (χ4n) is 7.43. The molecular weight excluding hydrogens is 561 g/mol. The van der Waals surface area contributed by atoms with Crippen molar-refractivity contribution < 1.29 is 33.0 Å². The van der Waals surface area contributed by atoms with Crippen molar-refractivity contribution in [2.45, 2.75) is 18.0 Å². The highest BCUT2D eigenvalue weighted by molar-refractivity contribution is 6.32. The minimum absolute atomic E-state index is 0.252. The highest BCUT2D eigenvalue weighted by Gasteiger charge is 2.72. The summed E-state index contributed by atoms with van der Waals surface area (Å²) in [6, 6.07) is 21.3. The van der Waals surface area contributed by atoms with Crippen LogP contribution < -0.4 is 19.1 Å². The monoisotopic (exact) mass is 589 g/mol. The first-order chi connectivity index (χ1) is 21.4. The molecule has 0 amide bonds. The van der Waals surface area contributed by atoms with Crippen LogP contribution in [0.25, 0.3) is 6.08 Å². The van der Waals surface area contributed by atoms with E-state index in [1.165, 1.54) is 33.5 Å². The Balaban J connectivity index is 1.60. The maximum absolute atomic E-state index is 14.9. The summed E-state index contributed by atoms with van der Waals surface area (Å²) in [5.41, 5.74) is 0.783. The van der Waals surface area contributed by atoms with Crippen LogP contribution in [0.5, 0.6) is 17.2 Å². The fraction of sp³-hybridized carbons (Fsp3) is 0.194. The predicted molar refractivity (Wildman–Crippen MR) is 163 cm³/mol.